The van der Waals surface area contributed by atoms with Crippen molar-refractivity contribution < 1.29 is 0 Å². The molecule has 6 unspecified atom stereocenters. The minimum Gasteiger partial charge on any atom is -0.122 e. The van der Waals surface area contributed by atoms with Crippen molar-refractivity contribution in [3.05, 3.63) is 89.5 Å². The molecule has 6 atom stereocenters. The molecule has 3 aromatic carbocycles. The molecule has 0 fully saturated rings. The lowest BCUT2D eigenvalue weighted by Gasteiger charge is -2.33. The summed E-state index contributed by atoms with van der Waals surface area (Å²) >= 11 is 6.36. The van der Waals surface area contributed by atoms with Crippen LogP contribution in [-0.4, -0.2) is 15.7 Å². The lowest BCUT2D eigenvalue weighted by molar-refractivity contribution is 0.509. The average Bonchev–Trinajstić information content (AvgIpc) is 3.38. The fraction of sp³-hybridized carbons (Fsp3) is 0.308. The van der Waals surface area contributed by atoms with E-state index in [-0.39, 0.29) is 0 Å². The fourth-order valence-electron chi connectivity index (χ4n) is 5.53. The minimum absolute atomic E-state index is 0.586. The van der Waals surface area contributed by atoms with Crippen LogP contribution < -0.4 is 0 Å². The molecule has 6 rings (SSSR count). The van der Waals surface area contributed by atoms with Crippen LogP contribution in [0.25, 0.3) is 0 Å². The molecule has 0 bridgehead atoms. The molecular formula is C26H24S3. The zero-order valence-corrected chi connectivity index (χ0v) is 19.1. The highest BCUT2D eigenvalue weighted by molar-refractivity contribution is 8.02. The van der Waals surface area contributed by atoms with Crippen LogP contribution >= 0.6 is 35.3 Å². The molecule has 3 heteroatoms. The third-order valence-corrected chi connectivity index (χ3v) is 11.2. The maximum atomic E-state index is 2.45. The Morgan fingerprint density at radius 2 is 1.00 bits per heavy atom. The lowest BCUT2D eigenvalue weighted by atomic mass is 9.78. The van der Waals surface area contributed by atoms with E-state index in [0.717, 1.165) is 0 Å². The van der Waals surface area contributed by atoms with Gasteiger partial charge in [0, 0.05) is 42.3 Å². The molecule has 3 aliphatic heterocycles. The second kappa shape index (κ2) is 7.14. The zero-order valence-electron chi connectivity index (χ0n) is 16.6. The molecule has 146 valence electrons. The van der Waals surface area contributed by atoms with Gasteiger partial charge in [-0.15, -0.1) is 35.3 Å². The summed E-state index contributed by atoms with van der Waals surface area (Å²) in [6.45, 7) is 4.89. The summed E-state index contributed by atoms with van der Waals surface area (Å²) in [5, 5.41) is 1.84. The zero-order chi connectivity index (χ0) is 19.5. The first-order valence-corrected chi connectivity index (χ1v) is 13.1. The summed E-state index contributed by atoms with van der Waals surface area (Å²) in [4.78, 5) is 4.50. The van der Waals surface area contributed by atoms with Gasteiger partial charge in [0.1, 0.15) is 0 Å². The smallest absolute Gasteiger partial charge is 0.0254 e. The number of rotatable bonds is 2. The van der Waals surface area contributed by atoms with Gasteiger partial charge in [0.2, 0.25) is 0 Å². The summed E-state index contributed by atoms with van der Waals surface area (Å²) in [6.07, 6.45) is 0. The van der Waals surface area contributed by atoms with Crippen molar-refractivity contribution in [2.45, 2.75) is 62.0 Å². The van der Waals surface area contributed by atoms with Gasteiger partial charge in [-0.3, -0.25) is 0 Å². The highest BCUT2D eigenvalue weighted by Gasteiger charge is 2.50. The third kappa shape index (κ3) is 2.85. The van der Waals surface area contributed by atoms with Gasteiger partial charge >= 0.3 is 0 Å². The van der Waals surface area contributed by atoms with Gasteiger partial charge in [-0.1, -0.05) is 68.4 Å². The minimum atomic E-state index is 0.586. The van der Waals surface area contributed by atoms with Crippen molar-refractivity contribution in [2.75, 3.05) is 0 Å². The van der Waals surface area contributed by atoms with E-state index >= 15 is 0 Å². The maximum Gasteiger partial charge on any atom is 0.0254 e. The maximum absolute atomic E-state index is 2.45. The van der Waals surface area contributed by atoms with Gasteiger partial charge < -0.3 is 0 Å². The summed E-state index contributed by atoms with van der Waals surface area (Å²) < 4.78 is 0. The van der Waals surface area contributed by atoms with Crippen molar-refractivity contribution >= 4 is 35.3 Å². The van der Waals surface area contributed by atoms with E-state index < -0.39 is 0 Å². The second-order valence-corrected chi connectivity index (χ2v) is 12.3. The van der Waals surface area contributed by atoms with Crippen LogP contribution in [0, 0.1) is 0 Å². The second-order valence-electron chi connectivity index (χ2n) is 8.44. The molecule has 29 heavy (non-hydrogen) atoms. The Morgan fingerprint density at radius 3 is 1.66 bits per heavy atom. The van der Waals surface area contributed by atoms with Gasteiger partial charge in [-0.05, 0) is 40.8 Å². The van der Waals surface area contributed by atoms with Crippen molar-refractivity contribution in [1.82, 2.24) is 0 Å². The predicted octanol–water partition coefficient (Wildman–Crippen LogP) is 7.80. The monoisotopic (exact) mass is 432 g/mol. The van der Waals surface area contributed by atoms with Crippen molar-refractivity contribution in [3.8, 4) is 0 Å². The van der Waals surface area contributed by atoms with Crippen molar-refractivity contribution in [3.63, 3.8) is 0 Å². The van der Waals surface area contributed by atoms with E-state index in [0.29, 0.717) is 33.5 Å². The molecule has 3 aromatic rings. The standard InChI is InChI=1S/C26H24S3/c1-15-17-9-3-6-12-20(17)28-25(15)24-19-11-5-8-14-22(19)29-26(24)23-16(2)27-21-13-7-4-10-18(21)23/h3-16,23-26H,1-2H3. The van der Waals surface area contributed by atoms with Crippen LogP contribution in [0.15, 0.2) is 87.5 Å². The number of fused-ring (bicyclic) bond motifs is 3. The number of thioether (sulfide) groups is 3. The lowest BCUT2D eigenvalue weighted by Crippen LogP contribution is -2.31. The van der Waals surface area contributed by atoms with E-state index in [4.69, 9.17) is 0 Å². The Labute approximate surface area is 186 Å². The molecule has 0 nitrogen and oxygen atoms in total. The van der Waals surface area contributed by atoms with Gasteiger partial charge in [0.15, 0.2) is 0 Å². The SMILES string of the molecule is CC1Sc2ccccc2C1C1Sc2ccccc2C1C1Sc2ccccc2C1C. The van der Waals surface area contributed by atoms with Gasteiger partial charge in [-0.25, -0.2) is 0 Å². The molecule has 0 saturated heterocycles. The first kappa shape index (κ1) is 18.5. The average molecular weight is 433 g/mol. The molecule has 0 saturated carbocycles. The van der Waals surface area contributed by atoms with Gasteiger partial charge in [-0.2, -0.15) is 0 Å². The fourth-order valence-corrected chi connectivity index (χ4v) is 10.5. The van der Waals surface area contributed by atoms with Crippen LogP contribution in [0.2, 0.25) is 0 Å². The molecule has 0 aliphatic carbocycles. The van der Waals surface area contributed by atoms with Crippen LogP contribution in [0.3, 0.4) is 0 Å². The normalized spacial score (nSPS) is 32.1. The van der Waals surface area contributed by atoms with Crippen LogP contribution in [0.4, 0.5) is 0 Å². The Hall–Kier alpha value is -1.29. The Morgan fingerprint density at radius 1 is 0.517 bits per heavy atom. The predicted molar refractivity (Wildman–Crippen MR) is 128 cm³/mol. The molecule has 0 amide bonds. The molecule has 0 radical (unpaired) electrons. The molecule has 0 N–H and O–H groups in total. The molecular weight excluding hydrogens is 408 g/mol. The largest absolute Gasteiger partial charge is 0.122 e. The van der Waals surface area contributed by atoms with E-state index in [1.54, 1.807) is 16.7 Å². The number of benzene rings is 3. The Balaban J connectivity index is 1.45. The van der Waals surface area contributed by atoms with E-state index in [9.17, 15) is 0 Å². The summed E-state index contributed by atoms with van der Waals surface area (Å²) in [7, 11) is 0. The first-order valence-electron chi connectivity index (χ1n) is 10.5. The molecule has 3 heterocycles. The quantitative estimate of drug-likeness (QED) is 0.405. The van der Waals surface area contributed by atoms with Crippen LogP contribution in [0.1, 0.15) is 48.3 Å². The van der Waals surface area contributed by atoms with Crippen molar-refractivity contribution in [2.24, 2.45) is 0 Å². The number of hydrogen-bond acceptors (Lipinski definition) is 3. The van der Waals surface area contributed by atoms with E-state index in [1.807, 2.05) is 0 Å². The van der Waals surface area contributed by atoms with Crippen LogP contribution in [-0.2, 0) is 0 Å². The summed E-state index contributed by atoms with van der Waals surface area (Å²) in [5.74, 6) is 1.79. The van der Waals surface area contributed by atoms with Gasteiger partial charge in [0.05, 0.1) is 0 Å². The first-order chi connectivity index (χ1) is 14.2. The van der Waals surface area contributed by atoms with E-state index in [1.165, 1.54) is 14.7 Å². The molecule has 0 spiro atoms. The molecule has 0 aromatic heterocycles. The Bertz CT molecular complexity index is 1070. The highest BCUT2D eigenvalue weighted by Crippen LogP contribution is 2.63. The van der Waals surface area contributed by atoms with Crippen molar-refractivity contribution in [1.29, 1.82) is 0 Å². The van der Waals surface area contributed by atoms with Gasteiger partial charge in [0.25, 0.3) is 0 Å². The topological polar surface area (TPSA) is 0 Å². The summed E-state index contributed by atoms with van der Waals surface area (Å²) in [6, 6.07) is 27.4. The van der Waals surface area contributed by atoms with Crippen LogP contribution in [0.5, 0.6) is 0 Å². The summed E-state index contributed by atoms with van der Waals surface area (Å²) in [5.41, 5.74) is 4.71. The van der Waals surface area contributed by atoms with E-state index in [2.05, 4.69) is 122 Å². The Kier molecular flexibility index (Phi) is 4.55. The third-order valence-electron chi connectivity index (χ3n) is 6.87. The number of hydrogen-bond donors (Lipinski definition) is 0. The molecule has 3 aliphatic rings. The highest BCUT2D eigenvalue weighted by atomic mass is 32.2.